The van der Waals surface area contributed by atoms with Crippen molar-refractivity contribution in [2.45, 2.75) is 125 Å². The fourth-order valence-electron chi connectivity index (χ4n) is 9.19. The number of aliphatic hydroxyl groups excluding tert-OH is 2. The van der Waals surface area contributed by atoms with E-state index in [2.05, 4.69) is 134 Å². The molecule has 0 saturated carbocycles. The van der Waals surface area contributed by atoms with Crippen LogP contribution in [0.1, 0.15) is 126 Å². The summed E-state index contributed by atoms with van der Waals surface area (Å²) in [6.45, 7) is 35.9. The molecule has 334 valence electrons. The molecular weight excluding hydrogens is 1000 g/mol. The van der Waals surface area contributed by atoms with Gasteiger partial charge >= 0.3 is 0 Å². The number of aliphatic hydroxyl groups is 2. The molecule has 0 amide bonds. The zero-order valence-corrected chi connectivity index (χ0v) is 45.2. The topological polar surface area (TPSA) is 106 Å². The third-order valence-electron chi connectivity index (χ3n) is 13.9. The molecule has 0 fully saturated rings. The summed E-state index contributed by atoms with van der Waals surface area (Å²) in [6, 6.07) is 0. The molecule has 0 aliphatic carbocycles. The maximum absolute atomic E-state index is 11.9. The van der Waals surface area contributed by atoms with E-state index in [4.69, 9.17) is 0 Å². The lowest BCUT2D eigenvalue weighted by Crippen LogP contribution is -1.97. The highest BCUT2D eigenvalue weighted by Gasteiger charge is 2.24. The van der Waals surface area contributed by atoms with Crippen molar-refractivity contribution in [3.8, 4) is 0 Å². The number of benzene rings is 3. The fraction of sp³-hybridized carbons (Fsp3) is 0.404. The number of carbonyl (C=O) groups excluding carboxylic acids is 3. The van der Waals surface area contributed by atoms with Gasteiger partial charge in [-0.3, -0.25) is 14.4 Å². The van der Waals surface area contributed by atoms with Crippen LogP contribution in [0.4, 0.5) is 0 Å². The number of hydrogen-bond acceptors (Lipinski definition) is 5. The lowest BCUT2D eigenvalue weighted by atomic mass is 9.93. The van der Waals surface area contributed by atoms with Crippen molar-refractivity contribution in [1.29, 1.82) is 0 Å². The molecule has 10 heteroatoms. The van der Waals surface area contributed by atoms with Gasteiger partial charge in [0.2, 0.25) is 0 Å². The number of aromatic nitrogens is 3. The first-order valence-corrected chi connectivity index (χ1v) is 27.1. The van der Waals surface area contributed by atoms with Gasteiger partial charge < -0.3 is 23.9 Å². The quantitative estimate of drug-likeness (QED) is 0.0774. The molecule has 0 aliphatic heterocycles. The van der Waals surface area contributed by atoms with Gasteiger partial charge in [0.25, 0.3) is 0 Å². The van der Waals surface area contributed by atoms with E-state index in [1.54, 1.807) is 6.92 Å². The fourth-order valence-corrected chi connectivity index (χ4v) is 9.19. The molecule has 62 heavy (non-hydrogen) atoms. The number of aryl methyl sites for hydroxylation is 9. The minimum Gasteiger partial charge on any atom is -0.507 e. The van der Waals surface area contributed by atoms with E-state index >= 15 is 0 Å². The number of ketones is 3. The molecule has 0 spiro atoms. The lowest BCUT2D eigenvalue weighted by molar-refractivity contribution is -0.113. The second-order valence-corrected chi connectivity index (χ2v) is 17.1. The first-order chi connectivity index (χ1) is 28.6. The molecule has 3 aromatic heterocycles. The summed E-state index contributed by atoms with van der Waals surface area (Å²) in [5, 5.41) is 24.0. The highest BCUT2D eigenvalue weighted by atomic mass is 128. The monoisotopic (exact) mass is 1070 g/mol. The summed E-state index contributed by atoms with van der Waals surface area (Å²) in [5.74, 6) is -0.0409. The van der Waals surface area contributed by atoms with E-state index in [-0.39, 0.29) is 28.9 Å². The molecule has 3 aromatic carbocycles. The van der Waals surface area contributed by atoms with Crippen LogP contribution in [-0.4, -0.2) is 41.3 Å². The van der Waals surface area contributed by atoms with Gasteiger partial charge in [-0.2, -0.15) is 0 Å². The van der Waals surface area contributed by atoms with Crippen molar-refractivity contribution in [3.63, 3.8) is 0 Å². The van der Waals surface area contributed by atoms with Crippen LogP contribution in [0.15, 0.2) is 12.2 Å². The van der Waals surface area contributed by atoms with Crippen LogP contribution < -0.4 is 0 Å². The number of Topliss-reactive ketones (excluding diaryl/α,β-unsaturated/α-hetero) is 1. The van der Waals surface area contributed by atoms with Gasteiger partial charge in [0.15, 0.2) is 17.3 Å². The zero-order valence-electron chi connectivity index (χ0n) is 40.9. The number of rotatable bonds is 5. The molecule has 8 nitrogen and oxygen atoms in total. The van der Waals surface area contributed by atoms with Crippen LogP contribution in [0.2, 0.25) is 0 Å². The van der Waals surface area contributed by atoms with E-state index in [0.29, 0.717) is 0 Å². The Hall–Kier alpha value is -4.17. The van der Waals surface area contributed by atoms with E-state index in [1.165, 1.54) is 87.2 Å². The van der Waals surface area contributed by atoms with Crippen LogP contribution in [0.5, 0.6) is 0 Å². The Morgan fingerprint density at radius 1 is 0.387 bits per heavy atom. The molecule has 0 aliphatic rings. The highest BCUT2D eigenvalue weighted by Crippen LogP contribution is 2.39. The Kier molecular flexibility index (Phi) is 16.9. The zero-order chi connectivity index (χ0) is 47.9. The predicted octanol–water partition coefficient (Wildman–Crippen LogP) is 14.1. The SMILES string of the molecule is CC(=O)C=C(O)c1c(C)n(C)c2c(C)c(C)c(C)c(C)c12.CC(=O)C=C(O)c1c(C)n(C)c2c(C)c(C)c(C)c(C)c12.CC(=O)c1c(C)n(C)c2c(C)c(C)c(C)c(C)c12.II. The molecule has 0 unspecified atom stereocenters. The molecule has 2 N–H and O–H groups in total. The maximum Gasteiger partial charge on any atom is 0.162 e. The molecule has 0 saturated heterocycles. The average molecular weight is 1070 g/mol. The largest absolute Gasteiger partial charge is 0.507 e. The number of allylic oxidation sites excluding steroid dienone is 2. The summed E-state index contributed by atoms with van der Waals surface area (Å²) < 4.78 is 6.36. The van der Waals surface area contributed by atoms with Crippen LogP contribution in [-0.2, 0) is 30.7 Å². The third-order valence-corrected chi connectivity index (χ3v) is 13.9. The van der Waals surface area contributed by atoms with Crippen molar-refractivity contribution in [1.82, 2.24) is 13.7 Å². The Morgan fingerprint density at radius 3 is 0.823 bits per heavy atom. The minimum atomic E-state index is -0.151. The third kappa shape index (κ3) is 9.10. The average Bonchev–Trinajstić information content (AvgIpc) is 3.75. The van der Waals surface area contributed by atoms with Crippen molar-refractivity contribution in [3.05, 3.63) is 113 Å². The normalized spacial score (nSPS) is 11.7. The van der Waals surface area contributed by atoms with Gasteiger partial charge in [-0.05, 0) is 191 Å². The van der Waals surface area contributed by atoms with Crippen molar-refractivity contribution in [2.24, 2.45) is 21.1 Å². The number of hydrogen-bond donors (Lipinski definition) is 2. The Balaban J connectivity index is 0.000000243. The van der Waals surface area contributed by atoms with Crippen molar-refractivity contribution >= 4 is 98.8 Å². The van der Waals surface area contributed by atoms with Crippen LogP contribution in [0.3, 0.4) is 0 Å². The Bertz CT molecular complexity index is 2760. The van der Waals surface area contributed by atoms with Gasteiger partial charge in [0.05, 0.1) is 16.6 Å². The molecule has 3 heterocycles. The summed E-state index contributed by atoms with van der Waals surface area (Å²) in [7, 11) is 6.05. The van der Waals surface area contributed by atoms with E-state index in [1.807, 2.05) is 41.9 Å². The predicted molar refractivity (Wildman–Crippen MR) is 280 cm³/mol. The maximum atomic E-state index is 11.9. The first-order valence-electron chi connectivity index (χ1n) is 20.8. The molecule has 0 atom stereocenters. The first kappa shape index (κ1) is 52.2. The van der Waals surface area contributed by atoms with Gasteiger partial charge in [-0.25, -0.2) is 0 Å². The molecule has 0 radical (unpaired) electrons. The van der Waals surface area contributed by atoms with E-state index < -0.39 is 0 Å². The van der Waals surface area contributed by atoms with E-state index in [0.717, 1.165) is 72.1 Å². The molecular formula is C52H67I2N3O5. The summed E-state index contributed by atoms with van der Waals surface area (Å²) in [4.78, 5) is 34.6. The van der Waals surface area contributed by atoms with E-state index in [9.17, 15) is 24.6 Å². The minimum absolute atomic E-state index is 0.0522. The van der Waals surface area contributed by atoms with Crippen LogP contribution in [0, 0.1) is 104 Å². The van der Waals surface area contributed by atoms with Crippen LogP contribution >= 0.6 is 37.2 Å². The molecule has 0 bridgehead atoms. The highest BCUT2D eigenvalue weighted by molar-refractivity contribution is 15.0. The second-order valence-electron chi connectivity index (χ2n) is 17.1. The summed E-state index contributed by atoms with van der Waals surface area (Å²) in [5.41, 5.74) is 23.9. The molecule has 6 aromatic rings. The number of fused-ring (bicyclic) bond motifs is 3. The van der Waals surface area contributed by atoms with Gasteiger partial charge in [-0.15, -0.1) is 0 Å². The van der Waals surface area contributed by atoms with Gasteiger partial charge in [0.1, 0.15) is 11.5 Å². The van der Waals surface area contributed by atoms with Crippen molar-refractivity contribution in [2.75, 3.05) is 0 Å². The van der Waals surface area contributed by atoms with Crippen molar-refractivity contribution < 1.29 is 24.6 Å². The smallest absolute Gasteiger partial charge is 0.162 e. The van der Waals surface area contributed by atoms with Gasteiger partial charge in [-0.1, -0.05) is 0 Å². The van der Waals surface area contributed by atoms with Crippen LogP contribution in [0.25, 0.3) is 44.2 Å². The summed E-state index contributed by atoms with van der Waals surface area (Å²) in [6.07, 6.45) is 2.59. The number of nitrogens with zero attached hydrogens (tertiary/aromatic N) is 3. The molecule has 6 rings (SSSR count). The second kappa shape index (κ2) is 20.1. The number of carbonyl (C=O) groups is 3. The number of halogens is 2. The summed E-state index contributed by atoms with van der Waals surface area (Å²) >= 11 is 4.24. The Labute approximate surface area is 392 Å². The Morgan fingerprint density at radius 2 is 0.597 bits per heavy atom. The van der Waals surface area contributed by atoms with Gasteiger partial charge in [0, 0.05) is 120 Å². The lowest BCUT2D eigenvalue weighted by Gasteiger charge is -2.13. The standard InChI is InChI=1S/2C18H23NO2.C16H21NO.I2/c2*1-9(20)8-15(21)17-14(6)19(7)18-13(5)11(3)10(2)12(4)16(17)18;1-8-9(2)11(4)16-14(10(8)3)15(13(6)18)12(5)17(16)7;1-2/h2*8,21H,1-7H3;1-7H3;.